The van der Waals surface area contributed by atoms with E-state index < -0.39 is 16.7 Å². The molecular weight excluding hydrogens is 789 g/mol. The van der Waals surface area contributed by atoms with Gasteiger partial charge in [0.25, 0.3) is 0 Å². The number of quaternary nitrogens is 2. The van der Waals surface area contributed by atoms with E-state index in [1.54, 1.807) is 0 Å². The summed E-state index contributed by atoms with van der Waals surface area (Å²) in [5.74, 6) is 0. The number of hydrogen-bond acceptors (Lipinski definition) is 4. The van der Waals surface area contributed by atoms with Crippen molar-refractivity contribution in [1.29, 1.82) is 0 Å². The molecule has 0 bridgehead atoms. The molecule has 348 valence electrons. The fourth-order valence-electron chi connectivity index (χ4n) is 8.31. The summed E-state index contributed by atoms with van der Waals surface area (Å²) in [7, 11) is 5.12. The van der Waals surface area contributed by atoms with Crippen molar-refractivity contribution in [3.8, 4) is 0 Å². The van der Waals surface area contributed by atoms with Crippen molar-refractivity contribution in [2.45, 2.75) is 273 Å². The van der Waals surface area contributed by atoms with E-state index in [0.717, 1.165) is 0 Å². The van der Waals surface area contributed by atoms with E-state index in [1.807, 2.05) is 0 Å². The van der Waals surface area contributed by atoms with E-state index in [4.69, 9.17) is 14.3 Å². The number of hydrogen-bond donors (Lipinski definition) is 0. The molecule has 0 saturated heterocycles. The van der Waals surface area contributed by atoms with Crippen LogP contribution in [0.3, 0.4) is 0 Å². The van der Waals surface area contributed by atoms with Crippen LogP contribution in [0.15, 0.2) is 0 Å². The third kappa shape index (κ3) is 56.1. The first-order valence-electron chi connectivity index (χ1n) is 25.7. The molecule has 0 aliphatic carbocycles. The molecule has 0 radical (unpaired) electrons. The van der Waals surface area contributed by atoms with Crippen LogP contribution in [0.2, 0.25) is 0 Å². The zero-order valence-electron chi connectivity index (χ0n) is 40.6. The molecule has 0 spiro atoms. The van der Waals surface area contributed by atoms with Gasteiger partial charge in [-0.15, -0.1) is 0 Å². The summed E-state index contributed by atoms with van der Waals surface area (Å²) in [6.45, 7) is 22.4. The Morgan fingerprint density at radius 1 is 0.263 bits per heavy atom. The summed E-state index contributed by atoms with van der Waals surface area (Å²) in [6, 6.07) is 0. The molecule has 0 atom stereocenters. The normalized spacial score (nSPS) is 12.0. The second kappa shape index (κ2) is 47.2. The van der Waals surface area contributed by atoms with Gasteiger partial charge in [0.1, 0.15) is 0 Å². The van der Waals surface area contributed by atoms with E-state index in [0.29, 0.717) is 0 Å². The quantitative estimate of drug-likeness (QED) is 0.0347. The Morgan fingerprint density at radius 3 is 0.491 bits per heavy atom. The van der Waals surface area contributed by atoms with Gasteiger partial charge in [-0.2, -0.15) is 0 Å². The van der Waals surface area contributed by atoms with Crippen molar-refractivity contribution in [2.75, 3.05) is 53.4 Å². The number of rotatable bonds is 42. The third-order valence-electron chi connectivity index (χ3n) is 12.3. The van der Waals surface area contributed by atoms with Crippen molar-refractivity contribution in [2.24, 2.45) is 0 Å². The molecule has 0 saturated carbocycles. The summed E-state index contributed by atoms with van der Waals surface area (Å²) in [5, 5.41) is 0. The van der Waals surface area contributed by atoms with Crippen molar-refractivity contribution >= 4 is 0 Å². The molecule has 6 nitrogen and oxygen atoms in total. The molecule has 0 fully saturated rings. The minimum absolute atomic E-state index is 1.36. The Hall–Kier alpha value is 0.128. The molecule has 7 heteroatoms. The summed E-state index contributed by atoms with van der Waals surface area (Å²) in [6.07, 6.45) is 51.7. The monoisotopic (exact) mass is 899 g/mol. The average molecular weight is 897 g/mol. The van der Waals surface area contributed by atoms with E-state index in [-0.39, 0.29) is 0 Å². The van der Waals surface area contributed by atoms with E-state index in [2.05, 4.69) is 55.6 Å². The van der Waals surface area contributed by atoms with E-state index in [1.165, 1.54) is 279 Å². The summed E-state index contributed by atoms with van der Waals surface area (Å²) >= 11 is -6.02. The van der Waals surface area contributed by atoms with Gasteiger partial charge in [0.05, 0.1) is 53.4 Å². The van der Waals surface area contributed by atoms with Crippen molar-refractivity contribution in [1.82, 2.24) is 0 Å². The molecule has 0 aliphatic rings. The van der Waals surface area contributed by atoms with Crippen molar-refractivity contribution in [3.63, 3.8) is 0 Å². The third-order valence-corrected chi connectivity index (χ3v) is 12.3. The number of nitrogens with zero attached hydrogens (tertiary/aromatic N) is 2. The molecule has 0 heterocycles. The second-order valence-electron chi connectivity index (χ2n) is 18.6. The first kappa shape index (κ1) is 61.4. The summed E-state index contributed by atoms with van der Waals surface area (Å²) in [5.41, 5.74) is 0. The standard InChI is InChI=1S/2C25H54N.Mo.4O/c2*1-5-8-11-14-17-20-23-26(4,24-21-18-15-12-9-6-2)25-22-19-16-13-10-7-3;;;;;/h2*5-25H2,1-4H3;;;;;/q2*+1;;;;2*-1. The molecule has 0 amide bonds. The molecule has 0 rings (SSSR count). The molecular formula is C50H108MoN2O4. The van der Waals surface area contributed by atoms with Crippen LogP contribution in [0.1, 0.15) is 273 Å². The predicted molar refractivity (Wildman–Crippen MR) is 243 cm³/mol. The van der Waals surface area contributed by atoms with Gasteiger partial charge in [0.15, 0.2) is 0 Å². The van der Waals surface area contributed by atoms with Crippen LogP contribution in [-0.4, -0.2) is 62.3 Å². The van der Waals surface area contributed by atoms with Crippen molar-refractivity contribution < 1.29 is 40.0 Å². The van der Waals surface area contributed by atoms with Gasteiger partial charge >= 0.3 is 31.1 Å². The molecule has 0 aromatic rings. The topological polar surface area (TPSA) is 80.3 Å². The first-order chi connectivity index (χ1) is 27.4. The maximum atomic E-state index is 8.63. The molecule has 57 heavy (non-hydrogen) atoms. The maximum absolute atomic E-state index is 8.63. The number of unbranched alkanes of at least 4 members (excludes halogenated alkanes) is 30. The predicted octanol–water partition coefficient (Wildman–Crippen LogP) is 14.4. The van der Waals surface area contributed by atoms with Crippen LogP contribution in [0.5, 0.6) is 0 Å². The molecule has 0 aromatic carbocycles. The SMILES string of the molecule is CCCCCCCC[N+](C)(CCCCCCCC)CCCCCCCC.CCCCCCCC[N+](C)(CCCCCCCC)CCCCCCCC.[O]=[Mo](=[O])([O-])[O-]. The van der Waals surface area contributed by atoms with Crippen LogP contribution >= 0.6 is 0 Å². The Balaban J connectivity index is -0.000000913. The molecule has 0 unspecified atom stereocenters. The van der Waals surface area contributed by atoms with Crippen LogP contribution in [0.4, 0.5) is 0 Å². The fraction of sp³-hybridized carbons (Fsp3) is 1.00. The summed E-state index contributed by atoms with van der Waals surface area (Å²) < 4.78 is 37.2. The van der Waals surface area contributed by atoms with Gasteiger partial charge in [-0.25, -0.2) is 0 Å². The van der Waals surface area contributed by atoms with Gasteiger partial charge in [-0.05, 0) is 77.0 Å². The molecule has 0 N–H and O–H groups in total. The van der Waals surface area contributed by atoms with Crippen LogP contribution in [0, 0.1) is 0 Å². The van der Waals surface area contributed by atoms with Gasteiger partial charge < -0.3 is 8.97 Å². The zero-order valence-corrected chi connectivity index (χ0v) is 42.6. The minimum atomic E-state index is -6.02. The summed E-state index contributed by atoms with van der Waals surface area (Å²) in [4.78, 5) is 0. The van der Waals surface area contributed by atoms with Crippen LogP contribution in [-0.2, 0) is 23.5 Å². The van der Waals surface area contributed by atoms with Gasteiger partial charge in [-0.3, -0.25) is 0 Å². The molecule has 0 aliphatic heterocycles. The Labute approximate surface area is 364 Å². The van der Waals surface area contributed by atoms with E-state index in [9.17, 15) is 0 Å². The Morgan fingerprint density at radius 2 is 0.368 bits per heavy atom. The van der Waals surface area contributed by atoms with E-state index >= 15 is 0 Å². The fourth-order valence-corrected chi connectivity index (χ4v) is 8.31. The Kier molecular flexibility index (Phi) is 50.8. The average Bonchev–Trinajstić information content (AvgIpc) is 3.16. The van der Waals surface area contributed by atoms with Gasteiger partial charge in [0.2, 0.25) is 0 Å². The van der Waals surface area contributed by atoms with Gasteiger partial charge in [-0.1, -0.05) is 196 Å². The van der Waals surface area contributed by atoms with Crippen LogP contribution in [0.25, 0.3) is 0 Å². The van der Waals surface area contributed by atoms with Crippen molar-refractivity contribution in [3.05, 3.63) is 0 Å². The Bertz CT molecular complexity index is 710. The molecule has 0 aromatic heterocycles. The second-order valence-corrected chi connectivity index (χ2v) is 20.6. The van der Waals surface area contributed by atoms with Crippen LogP contribution < -0.4 is 7.52 Å². The zero-order chi connectivity index (χ0) is 43.2. The van der Waals surface area contributed by atoms with Gasteiger partial charge in [0, 0.05) is 0 Å². The first-order valence-corrected chi connectivity index (χ1v) is 29.0.